The van der Waals surface area contributed by atoms with Crippen LogP contribution in [0.15, 0.2) is 0 Å². The lowest BCUT2D eigenvalue weighted by Gasteiger charge is -2.27. The number of nitrogens with zero attached hydrogens (tertiary/aromatic N) is 1. The van der Waals surface area contributed by atoms with Gasteiger partial charge in [-0.15, -0.1) is 0 Å². The molecule has 0 aliphatic carbocycles. The molecular weight excluding hydrogens is 262 g/mol. The molecule has 1 atom stereocenters. The Morgan fingerprint density at radius 1 is 1.45 bits per heavy atom. The fourth-order valence-corrected chi connectivity index (χ4v) is 2.31. The van der Waals surface area contributed by atoms with E-state index in [2.05, 4.69) is 10.6 Å². The number of aliphatic carboxylic acids is 1. The number of carboxylic acid groups (broad SMARTS) is 1. The molecule has 3 amide bonds. The number of carbonyl (C=O) groups is 3. The van der Waals surface area contributed by atoms with E-state index in [1.807, 2.05) is 13.8 Å². The summed E-state index contributed by atoms with van der Waals surface area (Å²) in [4.78, 5) is 35.3. The Kier molecular flexibility index (Phi) is 6.27. The standard InChI is InChI=1S/C13H23N3O4/c1-9(2)5-10(6-12(18)19)7-15-13(20)16-4-3-14-11(17)8-16/h9-10H,3-8H2,1-2H3,(H,14,17)(H,15,20)(H,18,19). The van der Waals surface area contributed by atoms with E-state index < -0.39 is 5.97 Å². The maximum atomic E-state index is 11.9. The molecule has 20 heavy (non-hydrogen) atoms. The molecule has 1 aliphatic rings. The first-order valence-electron chi connectivity index (χ1n) is 6.89. The molecule has 1 rings (SSSR count). The Labute approximate surface area is 118 Å². The number of hydrogen-bond donors (Lipinski definition) is 3. The molecule has 3 N–H and O–H groups in total. The Bertz CT molecular complexity index is 371. The second-order valence-corrected chi connectivity index (χ2v) is 5.55. The predicted octanol–water partition coefficient (Wildman–Crippen LogP) is 0.265. The highest BCUT2D eigenvalue weighted by atomic mass is 16.4. The second kappa shape index (κ2) is 7.72. The van der Waals surface area contributed by atoms with E-state index in [9.17, 15) is 14.4 Å². The van der Waals surface area contributed by atoms with Crippen LogP contribution in [0.1, 0.15) is 26.7 Å². The maximum Gasteiger partial charge on any atom is 0.317 e. The van der Waals surface area contributed by atoms with Gasteiger partial charge in [0.2, 0.25) is 5.91 Å². The Balaban J connectivity index is 2.42. The van der Waals surface area contributed by atoms with Crippen molar-refractivity contribution in [3.05, 3.63) is 0 Å². The van der Waals surface area contributed by atoms with Crippen molar-refractivity contribution < 1.29 is 19.5 Å². The normalized spacial score (nSPS) is 16.8. The molecule has 7 nitrogen and oxygen atoms in total. The zero-order valence-corrected chi connectivity index (χ0v) is 12.0. The van der Waals surface area contributed by atoms with Crippen LogP contribution in [-0.4, -0.2) is 54.1 Å². The summed E-state index contributed by atoms with van der Waals surface area (Å²) in [6.07, 6.45) is 0.784. The lowest BCUT2D eigenvalue weighted by atomic mass is 9.94. The molecule has 7 heteroatoms. The van der Waals surface area contributed by atoms with Crippen molar-refractivity contribution in [2.75, 3.05) is 26.2 Å². The van der Waals surface area contributed by atoms with Crippen molar-refractivity contribution in [3.63, 3.8) is 0 Å². The highest BCUT2D eigenvalue weighted by Crippen LogP contribution is 2.14. The van der Waals surface area contributed by atoms with Gasteiger partial charge in [-0.05, 0) is 18.3 Å². The van der Waals surface area contributed by atoms with Gasteiger partial charge in [-0.25, -0.2) is 4.79 Å². The van der Waals surface area contributed by atoms with E-state index in [0.29, 0.717) is 25.6 Å². The van der Waals surface area contributed by atoms with Gasteiger partial charge < -0.3 is 20.6 Å². The number of carboxylic acids is 1. The number of piperazine rings is 1. The molecule has 1 saturated heterocycles. The van der Waals surface area contributed by atoms with Crippen molar-refractivity contribution in [1.82, 2.24) is 15.5 Å². The van der Waals surface area contributed by atoms with Crippen molar-refractivity contribution >= 4 is 17.9 Å². The number of urea groups is 1. The van der Waals surface area contributed by atoms with E-state index in [1.54, 1.807) is 0 Å². The summed E-state index contributed by atoms with van der Waals surface area (Å²) in [7, 11) is 0. The molecule has 1 unspecified atom stereocenters. The van der Waals surface area contributed by atoms with Crippen LogP contribution in [0.3, 0.4) is 0 Å². The second-order valence-electron chi connectivity index (χ2n) is 5.55. The van der Waals surface area contributed by atoms with Crippen molar-refractivity contribution in [2.45, 2.75) is 26.7 Å². The molecule has 0 bridgehead atoms. The molecule has 0 radical (unpaired) electrons. The van der Waals surface area contributed by atoms with E-state index in [-0.39, 0.29) is 30.8 Å². The van der Waals surface area contributed by atoms with E-state index in [4.69, 9.17) is 5.11 Å². The topological polar surface area (TPSA) is 98.7 Å². The molecule has 1 aliphatic heterocycles. The molecule has 0 spiro atoms. The lowest BCUT2D eigenvalue weighted by molar-refractivity contribution is -0.138. The van der Waals surface area contributed by atoms with Crippen LogP contribution in [0.5, 0.6) is 0 Å². The van der Waals surface area contributed by atoms with Crippen LogP contribution in [0.4, 0.5) is 4.79 Å². The summed E-state index contributed by atoms with van der Waals surface area (Å²) in [5.41, 5.74) is 0. The summed E-state index contributed by atoms with van der Waals surface area (Å²) in [6.45, 7) is 5.35. The number of rotatable bonds is 6. The van der Waals surface area contributed by atoms with Gasteiger partial charge in [0.15, 0.2) is 0 Å². The minimum Gasteiger partial charge on any atom is -0.481 e. The number of amides is 3. The van der Waals surface area contributed by atoms with Gasteiger partial charge in [-0.3, -0.25) is 9.59 Å². The van der Waals surface area contributed by atoms with Crippen molar-refractivity contribution in [2.24, 2.45) is 11.8 Å². The minimum absolute atomic E-state index is 0.0406. The SMILES string of the molecule is CC(C)CC(CNC(=O)N1CCNC(=O)C1)CC(=O)O. The molecule has 1 fully saturated rings. The smallest absolute Gasteiger partial charge is 0.317 e. The zero-order valence-electron chi connectivity index (χ0n) is 12.0. The molecule has 114 valence electrons. The zero-order chi connectivity index (χ0) is 15.1. The minimum atomic E-state index is -0.859. The van der Waals surface area contributed by atoms with Gasteiger partial charge in [0, 0.05) is 26.1 Å². The van der Waals surface area contributed by atoms with Crippen molar-refractivity contribution in [1.29, 1.82) is 0 Å². The molecule has 0 aromatic heterocycles. The van der Waals surface area contributed by atoms with Crippen LogP contribution in [0.25, 0.3) is 0 Å². The van der Waals surface area contributed by atoms with Crippen molar-refractivity contribution in [3.8, 4) is 0 Å². The molecule has 0 saturated carbocycles. The van der Waals surface area contributed by atoms with Crippen LogP contribution < -0.4 is 10.6 Å². The first kappa shape index (κ1) is 16.3. The monoisotopic (exact) mass is 285 g/mol. The fraction of sp³-hybridized carbons (Fsp3) is 0.769. The highest BCUT2D eigenvalue weighted by Gasteiger charge is 2.22. The van der Waals surface area contributed by atoms with Gasteiger partial charge in [0.05, 0.1) is 0 Å². The maximum absolute atomic E-state index is 11.9. The van der Waals surface area contributed by atoms with Gasteiger partial charge >= 0.3 is 12.0 Å². The van der Waals surface area contributed by atoms with Crippen LogP contribution in [0, 0.1) is 11.8 Å². The summed E-state index contributed by atoms with van der Waals surface area (Å²) < 4.78 is 0. The van der Waals surface area contributed by atoms with Gasteiger partial charge in [0.25, 0.3) is 0 Å². The third-order valence-corrected chi connectivity index (χ3v) is 3.14. The summed E-state index contributed by atoms with van der Waals surface area (Å²) >= 11 is 0. The third-order valence-electron chi connectivity index (χ3n) is 3.14. The Hall–Kier alpha value is -1.79. The van der Waals surface area contributed by atoms with Gasteiger partial charge in [-0.1, -0.05) is 13.8 Å². The quantitative estimate of drug-likeness (QED) is 0.652. The van der Waals surface area contributed by atoms with E-state index in [0.717, 1.165) is 6.42 Å². The predicted molar refractivity (Wildman–Crippen MR) is 73.2 cm³/mol. The average Bonchev–Trinajstić information content (AvgIpc) is 2.34. The summed E-state index contributed by atoms with van der Waals surface area (Å²) in [5.74, 6) is -0.745. The van der Waals surface area contributed by atoms with Crippen LogP contribution >= 0.6 is 0 Å². The summed E-state index contributed by atoms with van der Waals surface area (Å²) in [5, 5.41) is 14.2. The first-order valence-corrected chi connectivity index (χ1v) is 6.89. The van der Waals surface area contributed by atoms with E-state index >= 15 is 0 Å². The average molecular weight is 285 g/mol. The number of nitrogens with one attached hydrogen (secondary N) is 2. The highest BCUT2D eigenvalue weighted by molar-refractivity contribution is 5.85. The number of hydrogen-bond acceptors (Lipinski definition) is 3. The largest absolute Gasteiger partial charge is 0.481 e. The Morgan fingerprint density at radius 3 is 2.70 bits per heavy atom. The Morgan fingerprint density at radius 2 is 2.15 bits per heavy atom. The first-order chi connectivity index (χ1) is 9.38. The van der Waals surface area contributed by atoms with Gasteiger partial charge in [0.1, 0.15) is 6.54 Å². The number of carbonyl (C=O) groups excluding carboxylic acids is 2. The lowest BCUT2D eigenvalue weighted by Crippen LogP contribution is -2.53. The van der Waals surface area contributed by atoms with Crippen LogP contribution in [-0.2, 0) is 9.59 Å². The van der Waals surface area contributed by atoms with Gasteiger partial charge in [-0.2, -0.15) is 0 Å². The molecule has 1 heterocycles. The molecule has 0 aromatic carbocycles. The summed E-state index contributed by atoms with van der Waals surface area (Å²) in [6, 6.07) is -0.306. The fourth-order valence-electron chi connectivity index (χ4n) is 2.31. The van der Waals surface area contributed by atoms with Crippen LogP contribution in [0.2, 0.25) is 0 Å². The molecule has 0 aromatic rings. The molecular formula is C13H23N3O4. The van der Waals surface area contributed by atoms with E-state index in [1.165, 1.54) is 4.90 Å². The third kappa shape index (κ3) is 5.90.